The van der Waals surface area contributed by atoms with E-state index in [0.717, 1.165) is 23.4 Å². The molecule has 2 N–H and O–H groups in total. The average molecular weight is 343 g/mol. The molecule has 0 spiro atoms. The molecular formula is C12H15Cl2F3N4. The summed E-state index contributed by atoms with van der Waals surface area (Å²) in [6, 6.07) is 5.00. The van der Waals surface area contributed by atoms with E-state index in [-0.39, 0.29) is 24.8 Å². The van der Waals surface area contributed by atoms with Crippen LogP contribution in [0.4, 0.5) is 13.2 Å². The molecule has 0 aliphatic rings. The molecule has 1 aromatic heterocycles. The monoisotopic (exact) mass is 342 g/mol. The number of alkyl halides is 3. The van der Waals surface area contributed by atoms with Gasteiger partial charge in [-0.05, 0) is 24.2 Å². The topological polar surface area (TPSA) is 56.7 Å². The lowest BCUT2D eigenvalue weighted by Gasteiger charge is -2.07. The third-order valence-corrected chi connectivity index (χ3v) is 2.61. The summed E-state index contributed by atoms with van der Waals surface area (Å²) in [4.78, 5) is 0. The van der Waals surface area contributed by atoms with E-state index in [4.69, 9.17) is 5.73 Å². The van der Waals surface area contributed by atoms with E-state index >= 15 is 0 Å². The molecule has 4 nitrogen and oxygen atoms in total. The summed E-state index contributed by atoms with van der Waals surface area (Å²) in [6.45, 7) is 0.870. The van der Waals surface area contributed by atoms with Crippen LogP contribution in [0, 0.1) is 0 Å². The summed E-state index contributed by atoms with van der Waals surface area (Å²) in [6.07, 6.45) is -1.93. The van der Waals surface area contributed by atoms with E-state index in [0.29, 0.717) is 19.5 Å². The van der Waals surface area contributed by atoms with Crippen molar-refractivity contribution in [3.05, 3.63) is 47.3 Å². The predicted molar refractivity (Wildman–Crippen MR) is 77.8 cm³/mol. The van der Waals surface area contributed by atoms with Crippen LogP contribution >= 0.6 is 24.8 Å². The van der Waals surface area contributed by atoms with Crippen LogP contribution in [0.2, 0.25) is 0 Å². The van der Waals surface area contributed by atoms with E-state index in [2.05, 4.69) is 10.3 Å². The Bertz CT molecular complexity index is 540. The molecule has 0 bridgehead atoms. The van der Waals surface area contributed by atoms with E-state index < -0.39 is 11.7 Å². The maximum atomic E-state index is 12.4. The van der Waals surface area contributed by atoms with Gasteiger partial charge in [-0.15, -0.1) is 29.9 Å². The molecule has 9 heteroatoms. The van der Waals surface area contributed by atoms with Gasteiger partial charge >= 0.3 is 6.18 Å². The quantitative estimate of drug-likeness (QED) is 0.929. The van der Waals surface area contributed by atoms with Crippen LogP contribution < -0.4 is 5.73 Å². The van der Waals surface area contributed by atoms with Gasteiger partial charge in [-0.25, -0.2) is 4.68 Å². The summed E-state index contributed by atoms with van der Waals surface area (Å²) >= 11 is 0. The van der Waals surface area contributed by atoms with Crippen LogP contribution in [0.3, 0.4) is 0 Å². The number of halogens is 5. The summed E-state index contributed by atoms with van der Waals surface area (Å²) < 4.78 is 38.8. The first-order valence-corrected chi connectivity index (χ1v) is 5.74. The number of hydrogen-bond acceptors (Lipinski definition) is 3. The van der Waals surface area contributed by atoms with Gasteiger partial charge in [-0.3, -0.25) is 0 Å². The van der Waals surface area contributed by atoms with E-state index in [1.54, 1.807) is 10.9 Å². The van der Waals surface area contributed by atoms with E-state index in [1.807, 2.05) is 0 Å². The number of nitrogens with two attached hydrogens (primary N) is 1. The molecule has 0 radical (unpaired) electrons. The molecule has 0 saturated carbocycles. The van der Waals surface area contributed by atoms with Crippen LogP contribution in [0.15, 0.2) is 30.5 Å². The van der Waals surface area contributed by atoms with Gasteiger partial charge in [0, 0.05) is 12.6 Å². The van der Waals surface area contributed by atoms with Crippen molar-refractivity contribution < 1.29 is 13.2 Å². The molecule has 0 aliphatic carbocycles. The number of nitrogens with zero attached hydrogens (tertiary/aromatic N) is 3. The second-order valence-corrected chi connectivity index (χ2v) is 4.14. The zero-order valence-electron chi connectivity index (χ0n) is 10.9. The molecular weight excluding hydrogens is 328 g/mol. The Morgan fingerprint density at radius 1 is 1.10 bits per heavy atom. The zero-order chi connectivity index (χ0) is 13.9. The number of benzene rings is 1. The standard InChI is InChI=1S/C12H13F3N4.2ClH/c13-12(14,15)10-3-1-9(2-4-10)7-19-8-11(5-6-16)17-18-19;;/h1-4,8H,5-7,16H2;2*1H. The smallest absolute Gasteiger partial charge is 0.330 e. The van der Waals surface area contributed by atoms with Crippen molar-refractivity contribution >= 4 is 24.8 Å². The highest BCUT2D eigenvalue weighted by atomic mass is 35.5. The lowest BCUT2D eigenvalue weighted by atomic mass is 10.1. The second kappa shape index (κ2) is 8.21. The van der Waals surface area contributed by atoms with Crippen molar-refractivity contribution in [3.8, 4) is 0 Å². The largest absolute Gasteiger partial charge is 0.416 e. The molecule has 0 unspecified atom stereocenters. The van der Waals surface area contributed by atoms with Crippen LogP contribution in [-0.4, -0.2) is 21.5 Å². The highest BCUT2D eigenvalue weighted by Crippen LogP contribution is 2.29. The minimum atomic E-state index is -4.31. The van der Waals surface area contributed by atoms with Crippen molar-refractivity contribution in [2.24, 2.45) is 5.73 Å². The Labute approximate surface area is 132 Å². The van der Waals surface area contributed by atoms with Crippen molar-refractivity contribution in [2.75, 3.05) is 6.54 Å². The zero-order valence-corrected chi connectivity index (χ0v) is 12.5. The first-order valence-electron chi connectivity index (χ1n) is 5.74. The van der Waals surface area contributed by atoms with Gasteiger partial charge in [-0.2, -0.15) is 13.2 Å². The summed E-state index contributed by atoms with van der Waals surface area (Å²) in [5.74, 6) is 0. The maximum Gasteiger partial charge on any atom is 0.416 e. The van der Waals surface area contributed by atoms with Gasteiger partial charge in [-0.1, -0.05) is 17.3 Å². The molecule has 1 heterocycles. The van der Waals surface area contributed by atoms with Gasteiger partial charge in [0.25, 0.3) is 0 Å². The molecule has 0 atom stereocenters. The third kappa shape index (κ3) is 5.53. The second-order valence-electron chi connectivity index (χ2n) is 4.14. The molecule has 21 heavy (non-hydrogen) atoms. The Morgan fingerprint density at radius 2 is 1.71 bits per heavy atom. The average Bonchev–Trinajstić information content (AvgIpc) is 2.77. The van der Waals surface area contributed by atoms with E-state index in [9.17, 15) is 13.2 Å². The van der Waals surface area contributed by atoms with E-state index in [1.165, 1.54) is 12.1 Å². The SMILES string of the molecule is Cl.Cl.NCCc1cn(Cc2ccc(C(F)(F)F)cc2)nn1. The van der Waals surface area contributed by atoms with Crippen LogP contribution in [-0.2, 0) is 19.1 Å². The molecule has 1 aromatic carbocycles. The molecule has 2 aromatic rings. The minimum absolute atomic E-state index is 0. The lowest BCUT2D eigenvalue weighted by Crippen LogP contribution is -2.06. The van der Waals surface area contributed by atoms with Crippen LogP contribution in [0.1, 0.15) is 16.8 Å². The fourth-order valence-corrected chi connectivity index (χ4v) is 1.66. The normalized spacial score (nSPS) is 10.7. The summed E-state index contributed by atoms with van der Waals surface area (Å²) in [5.41, 5.74) is 6.25. The Kier molecular flexibility index (Phi) is 7.70. The fraction of sp³-hybridized carbons (Fsp3) is 0.333. The van der Waals surface area contributed by atoms with Gasteiger partial charge < -0.3 is 5.73 Å². The van der Waals surface area contributed by atoms with Gasteiger partial charge in [0.1, 0.15) is 0 Å². The fourth-order valence-electron chi connectivity index (χ4n) is 1.66. The molecule has 0 aliphatic heterocycles. The van der Waals surface area contributed by atoms with Crippen LogP contribution in [0.25, 0.3) is 0 Å². The molecule has 0 fully saturated rings. The number of rotatable bonds is 4. The molecule has 2 rings (SSSR count). The highest BCUT2D eigenvalue weighted by Gasteiger charge is 2.29. The first-order chi connectivity index (χ1) is 8.99. The maximum absolute atomic E-state index is 12.4. The van der Waals surface area contributed by atoms with Crippen LogP contribution in [0.5, 0.6) is 0 Å². The number of hydrogen-bond donors (Lipinski definition) is 1. The highest BCUT2D eigenvalue weighted by molar-refractivity contribution is 5.85. The third-order valence-electron chi connectivity index (χ3n) is 2.61. The molecule has 0 amide bonds. The van der Waals surface area contributed by atoms with Gasteiger partial charge in [0.2, 0.25) is 0 Å². The van der Waals surface area contributed by atoms with Gasteiger partial charge in [0.15, 0.2) is 0 Å². The molecule has 118 valence electrons. The minimum Gasteiger partial charge on any atom is -0.330 e. The Balaban J connectivity index is 0.00000200. The number of aromatic nitrogens is 3. The Hall–Kier alpha value is -1.31. The summed E-state index contributed by atoms with van der Waals surface area (Å²) in [7, 11) is 0. The van der Waals surface area contributed by atoms with Crippen molar-refractivity contribution in [1.82, 2.24) is 15.0 Å². The first kappa shape index (κ1) is 19.7. The van der Waals surface area contributed by atoms with Gasteiger partial charge in [0.05, 0.1) is 17.8 Å². The Morgan fingerprint density at radius 3 is 2.24 bits per heavy atom. The van der Waals surface area contributed by atoms with Crippen molar-refractivity contribution in [1.29, 1.82) is 0 Å². The van der Waals surface area contributed by atoms with Crippen molar-refractivity contribution in [3.63, 3.8) is 0 Å². The van der Waals surface area contributed by atoms with Crippen molar-refractivity contribution in [2.45, 2.75) is 19.1 Å². The lowest BCUT2D eigenvalue weighted by molar-refractivity contribution is -0.137. The summed E-state index contributed by atoms with van der Waals surface area (Å²) in [5, 5.41) is 7.80. The molecule has 0 saturated heterocycles. The predicted octanol–water partition coefficient (Wildman–Crippen LogP) is 2.69.